The number of methoxy groups -OCH3 is 1. The molecule has 0 saturated carbocycles. The van der Waals surface area contributed by atoms with Gasteiger partial charge in [-0.2, -0.15) is 0 Å². The quantitative estimate of drug-likeness (QED) is 0.456. The normalized spacial score (nSPS) is 16.0. The van der Waals surface area contributed by atoms with Gasteiger partial charge in [0.25, 0.3) is 0 Å². The van der Waals surface area contributed by atoms with Crippen LogP contribution in [0.15, 0.2) is 53.5 Å². The largest absolute Gasteiger partial charge is 0.497 e. The summed E-state index contributed by atoms with van der Waals surface area (Å²) >= 11 is 0. The Morgan fingerprint density at radius 3 is 2.39 bits per heavy atom. The van der Waals surface area contributed by atoms with Crippen LogP contribution in [0, 0.1) is 5.92 Å². The van der Waals surface area contributed by atoms with Gasteiger partial charge in [-0.05, 0) is 61.2 Å². The highest BCUT2D eigenvalue weighted by atomic mass is 16.5. The van der Waals surface area contributed by atoms with Crippen LogP contribution in [0.2, 0.25) is 0 Å². The summed E-state index contributed by atoms with van der Waals surface area (Å²) < 4.78 is 5.34. The third-order valence-electron chi connectivity index (χ3n) is 5.98. The molecule has 0 radical (unpaired) electrons. The lowest BCUT2D eigenvalue weighted by Gasteiger charge is -2.40. The molecule has 2 aromatic carbocycles. The molecule has 0 spiro atoms. The van der Waals surface area contributed by atoms with Gasteiger partial charge in [-0.1, -0.05) is 26.0 Å². The number of nitrogens with one attached hydrogen (secondary N) is 1. The van der Waals surface area contributed by atoms with Gasteiger partial charge >= 0.3 is 5.97 Å². The lowest BCUT2D eigenvalue weighted by molar-refractivity contribution is 0.0697. The Labute approximate surface area is 197 Å². The summed E-state index contributed by atoms with van der Waals surface area (Å²) in [6, 6.07) is 15.3. The van der Waals surface area contributed by atoms with E-state index < -0.39 is 5.97 Å². The number of nitrogens with zero attached hydrogens (tertiary/aromatic N) is 3. The van der Waals surface area contributed by atoms with E-state index in [9.17, 15) is 9.90 Å². The first-order valence-corrected chi connectivity index (χ1v) is 11.6. The molecule has 1 fully saturated rings. The summed E-state index contributed by atoms with van der Waals surface area (Å²) in [5.74, 6) is 1.37. The van der Waals surface area contributed by atoms with Crippen LogP contribution in [0.4, 0.5) is 5.69 Å². The standard InChI is InChI=1S/C26H36N4O3/c1-19(2)16-20(3)29-12-14-30(15-13-29)26(27-18-21-6-5-7-24(17-21)33-4)28-23-10-8-22(9-11-23)25(31)32/h5-11,17,19-20H,12-16,18H2,1-4H3,(H,27,28)(H,31,32)/t20-/m0/s1. The van der Waals surface area contributed by atoms with Crippen LogP contribution in [-0.2, 0) is 6.54 Å². The van der Waals surface area contributed by atoms with Crippen molar-refractivity contribution >= 4 is 17.6 Å². The molecule has 1 aliphatic rings. The van der Waals surface area contributed by atoms with Gasteiger partial charge in [0, 0.05) is 37.9 Å². The maximum Gasteiger partial charge on any atom is 0.335 e. The molecule has 1 heterocycles. The summed E-state index contributed by atoms with van der Waals surface area (Å²) in [4.78, 5) is 20.9. The van der Waals surface area contributed by atoms with Gasteiger partial charge in [-0.3, -0.25) is 4.90 Å². The molecular weight excluding hydrogens is 416 g/mol. The number of carboxylic acid groups (broad SMARTS) is 1. The van der Waals surface area contributed by atoms with Gasteiger partial charge in [0.05, 0.1) is 19.2 Å². The first kappa shape index (κ1) is 24.6. The maximum atomic E-state index is 11.2. The maximum absolute atomic E-state index is 11.2. The Balaban J connectivity index is 1.74. The zero-order valence-corrected chi connectivity index (χ0v) is 20.1. The molecule has 0 amide bonds. The number of ether oxygens (including phenoxy) is 1. The summed E-state index contributed by atoms with van der Waals surface area (Å²) in [6.45, 7) is 11.1. The lowest BCUT2D eigenvalue weighted by atomic mass is 10.0. The third-order valence-corrected chi connectivity index (χ3v) is 5.98. The number of hydrogen-bond donors (Lipinski definition) is 2. The second kappa shape index (κ2) is 11.7. The van der Waals surface area contributed by atoms with Gasteiger partial charge in [0.15, 0.2) is 5.96 Å². The molecule has 1 saturated heterocycles. The molecule has 7 nitrogen and oxygen atoms in total. The van der Waals surface area contributed by atoms with Crippen molar-refractivity contribution in [2.45, 2.75) is 39.8 Å². The second-order valence-electron chi connectivity index (χ2n) is 9.00. The molecule has 33 heavy (non-hydrogen) atoms. The Morgan fingerprint density at radius 2 is 1.79 bits per heavy atom. The third kappa shape index (κ3) is 7.22. The molecule has 178 valence electrons. The molecule has 0 aromatic heterocycles. The Morgan fingerprint density at radius 1 is 1.09 bits per heavy atom. The molecule has 0 aliphatic carbocycles. The first-order chi connectivity index (χ1) is 15.9. The number of piperazine rings is 1. The molecule has 0 bridgehead atoms. The number of rotatable bonds is 8. The van der Waals surface area contributed by atoms with Crippen molar-refractivity contribution in [2.24, 2.45) is 10.9 Å². The zero-order valence-electron chi connectivity index (χ0n) is 20.1. The number of carboxylic acids is 1. The van der Waals surface area contributed by atoms with Crippen LogP contribution >= 0.6 is 0 Å². The van der Waals surface area contributed by atoms with E-state index in [4.69, 9.17) is 9.73 Å². The van der Waals surface area contributed by atoms with E-state index in [1.807, 2.05) is 24.3 Å². The lowest BCUT2D eigenvalue weighted by Crippen LogP contribution is -2.53. The van der Waals surface area contributed by atoms with Gasteiger partial charge in [-0.25, -0.2) is 9.79 Å². The van der Waals surface area contributed by atoms with E-state index in [1.165, 1.54) is 6.42 Å². The minimum Gasteiger partial charge on any atom is -0.497 e. The van der Waals surface area contributed by atoms with Crippen molar-refractivity contribution in [1.82, 2.24) is 9.80 Å². The molecule has 1 aliphatic heterocycles. The summed E-state index contributed by atoms with van der Waals surface area (Å²) in [6.07, 6.45) is 1.20. The Hall–Kier alpha value is -3.06. The molecular formula is C26H36N4O3. The van der Waals surface area contributed by atoms with Crippen molar-refractivity contribution < 1.29 is 14.6 Å². The fourth-order valence-electron chi connectivity index (χ4n) is 4.19. The van der Waals surface area contributed by atoms with Crippen molar-refractivity contribution in [3.05, 3.63) is 59.7 Å². The fraction of sp³-hybridized carbons (Fsp3) is 0.462. The van der Waals surface area contributed by atoms with Gasteiger partial charge in [0.1, 0.15) is 5.75 Å². The van der Waals surface area contributed by atoms with E-state index in [0.717, 1.165) is 49.1 Å². The number of hydrogen-bond acceptors (Lipinski definition) is 4. The average molecular weight is 453 g/mol. The van der Waals surface area contributed by atoms with Crippen molar-refractivity contribution in [3.63, 3.8) is 0 Å². The van der Waals surface area contributed by atoms with Gasteiger partial charge in [-0.15, -0.1) is 0 Å². The predicted molar refractivity (Wildman–Crippen MR) is 133 cm³/mol. The van der Waals surface area contributed by atoms with Gasteiger partial charge < -0.3 is 20.1 Å². The molecule has 3 rings (SSSR count). The number of aromatic carboxylic acids is 1. The highest BCUT2D eigenvalue weighted by Gasteiger charge is 2.23. The minimum atomic E-state index is -0.930. The summed E-state index contributed by atoms with van der Waals surface area (Å²) in [5.41, 5.74) is 2.15. The van der Waals surface area contributed by atoms with Crippen LogP contribution < -0.4 is 10.1 Å². The minimum absolute atomic E-state index is 0.267. The van der Waals surface area contributed by atoms with Crippen molar-refractivity contribution in [3.8, 4) is 5.75 Å². The number of benzene rings is 2. The van der Waals surface area contributed by atoms with Crippen LogP contribution in [0.1, 0.15) is 43.1 Å². The first-order valence-electron chi connectivity index (χ1n) is 11.6. The van der Waals surface area contributed by atoms with E-state index >= 15 is 0 Å². The molecule has 2 aromatic rings. The molecule has 0 unspecified atom stereocenters. The van der Waals surface area contributed by atoms with Gasteiger partial charge in [0.2, 0.25) is 0 Å². The SMILES string of the molecule is COc1cccc(CN=C(Nc2ccc(C(=O)O)cc2)N2CCN([C@@H](C)CC(C)C)CC2)c1. The molecule has 7 heteroatoms. The van der Waals surface area contributed by atoms with Crippen LogP contribution in [0.5, 0.6) is 5.75 Å². The second-order valence-corrected chi connectivity index (χ2v) is 9.00. The smallest absolute Gasteiger partial charge is 0.335 e. The summed E-state index contributed by atoms with van der Waals surface area (Å²) in [5, 5.41) is 12.6. The zero-order chi connectivity index (χ0) is 23.8. The number of aliphatic imine (C=N–C) groups is 1. The number of carbonyl (C=O) groups is 1. The van der Waals surface area contributed by atoms with E-state index in [1.54, 1.807) is 31.4 Å². The van der Waals surface area contributed by atoms with E-state index in [-0.39, 0.29) is 5.56 Å². The van der Waals surface area contributed by atoms with E-state index in [2.05, 4.69) is 35.9 Å². The highest BCUT2D eigenvalue weighted by molar-refractivity contribution is 5.94. The van der Waals surface area contributed by atoms with Crippen molar-refractivity contribution in [2.75, 3.05) is 38.6 Å². The Kier molecular flexibility index (Phi) is 8.72. The average Bonchev–Trinajstić information content (AvgIpc) is 2.82. The topological polar surface area (TPSA) is 77.4 Å². The predicted octanol–water partition coefficient (Wildman–Crippen LogP) is 4.41. The number of anilines is 1. The molecule has 1 atom stereocenters. The highest BCUT2D eigenvalue weighted by Crippen LogP contribution is 2.17. The van der Waals surface area contributed by atoms with Crippen LogP contribution in [0.25, 0.3) is 0 Å². The fourth-order valence-corrected chi connectivity index (χ4v) is 4.19. The number of guanidine groups is 1. The van der Waals surface area contributed by atoms with Crippen LogP contribution in [-0.4, -0.2) is 66.2 Å². The van der Waals surface area contributed by atoms with Crippen LogP contribution in [0.3, 0.4) is 0 Å². The molecule has 2 N–H and O–H groups in total. The Bertz CT molecular complexity index is 935. The van der Waals surface area contributed by atoms with E-state index in [0.29, 0.717) is 18.5 Å². The van der Waals surface area contributed by atoms with Crippen molar-refractivity contribution in [1.29, 1.82) is 0 Å². The monoisotopic (exact) mass is 452 g/mol. The summed E-state index contributed by atoms with van der Waals surface area (Å²) in [7, 11) is 1.66.